The third-order valence-corrected chi connectivity index (χ3v) is 4.86. The van der Waals surface area contributed by atoms with E-state index in [0.717, 1.165) is 16.8 Å². The smallest absolute Gasteiger partial charge is 0.257 e. The molecule has 30 heavy (non-hydrogen) atoms. The average Bonchev–Trinajstić information content (AvgIpc) is 3.37. The van der Waals surface area contributed by atoms with Crippen molar-refractivity contribution < 1.29 is 13.7 Å². The van der Waals surface area contributed by atoms with E-state index in [1.807, 2.05) is 43.5 Å². The second-order valence-electron chi connectivity index (χ2n) is 6.89. The molecule has 4 aromatic rings. The van der Waals surface area contributed by atoms with E-state index in [9.17, 15) is 9.18 Å². The molecule has 0 spiro atoms. The van der Waals surface area contributed by atoms with E-state index >= 15 is 0 Å². The third kappa shape index (κ3) is 3.87. The van der Waals surface area contributed by atoms with Crippen molar-refractivity contribution >= 4 is 5.91 Å². The SMILES string of the molecule is CCc1noc(C)c1C(=O)NCc1cn(-c2ccccc2)nc1-c1ccc(F)cc1. The lowest BCUT2D eigenvalue weighted by Crippen LogP contribution is -2.24. The summed E-state index contributed by atoms with van der Waals surface area (Å²) in [6, 6.07) is 15.8. The molecule has 0 aliphatic rings. The van der Waals surface area contributed by atoms with Crippen molar-refractivity contribution in [1.82, 2.24) is 20.3 Å². The van der Waals surface area contributed by atoms with Crippen molar-refractivity contribution in [3.63, 3.8) is 0 Å². The zero-order chi connectivity index (χ0) is 21.1. The van der Waals surface area contributed by atoms with Gasteiger partial charge >= 0.3 is 0 Å². The van der Waals surface area contributed by atoms with Crippen LogP contribution >= 0.6 is 0 Å². The average molecular weight is 404 g/mol. The molecule has 152 valence electrons. The van der Waals surface area contributed by atoms with Crippen LogP contribution in [0.15, 0.2) is 65.3 Å². The molecule has 7 heteroatoms. The number of halogens is 1. The minimum absolute atomic E-state index is 0.247. The van der Waals surface area contributed by atoms with Crippen LogP contribution in [0.25, 0.3) is 16.9 Å². The van der Waals surface area contributed by atoms with Gasteiger partial charge < -0.3 is 9.84 Å². The number of rotatable bonds is 6. The number of carbonyl (C=O) groups excluding carboxylic acids is 1. The van der Waals surface area contributed by atoms with Crippen LogP contribution in [0.5, 0.6) is 0 Å². The van der Waals surface area contributed by atoms with Crippen LogP contribution in [0.2, 0.25) is 0 Å². The Kier molecular flexibility index (Phi) is 5.43. The highest BCUT2D eigenvalue weighted by molar-refractivity contribution is 5.96. The van der Waals surface area contributed by atoms with Gasteiger partial charge in [-0.2, -0.15) is 5.10 Å². The Bertz CT molecular complexity index is 1160. The van der Waals surface area contributed by atoms with Gasteiger partial charge in [0.25, 0.3) is 5.91 Å². The van der Waals surface area contributed by atoms with Gasteiger partial charge in [0.2, 0.25) is 0 Å². The summed E-state index contributed by atoms with van der Waals surface area (Å²) in [6.45, 7) is 3.90. The Labute approximate surface area is 173 Å². The molecule has 0 atom stereocenters. The van der Waals surface area contributed by atoms with Gasteiger partial charge in [0, 0.05) is 23.9 Å². The first-order valence-corrected chi connectivity index (χ1v) is 9.70. The van der Waals surface area contributed by atoms with Crippen LogP contribution < -0.4 is 5.32 Å². The molecule has 0 fully saturated rings. The predicted octanol–water partition coefficient (Wildman–Crippen LogP) is 4.47. The Hall–Kier alpha value is -3.74. The number of aryl methyl sites for hydroxylation is 2. The lowest BCUT2D eigenvalue weighted by molar-refractivity contribution is 0.0948. The van der Waals surface area contributed by atoms with Crippen molar-refractivity contribution in [2.24, 2.45) is 0 Å². The van der Waals surface area contributed by atoms with Crippen LogP contribution in [0.4, 0.5) is 4.39 Å². The fourth-order valence-corrected chi connectivity index (χ4v) is 3.32. The van der Waals surface area contributed by atoms with E-state index in [0.29, 0.717) is 29.1 Å². The standard InChI is InChI=1S/C23H21FN4O2/c1-3-20-21(15(2)30-27-20)23(29)25-13-17-14-28(19-7-5-4-6-8-19)26-22(17)16-9-11-18(24)12-10-16/h4-12,14H,3,13H2,1-2H3,(H,25,29). The molecule has 0 bridgehead atoms. The summed E-state index contributed by atoms with van der Waals surface area (Å²) in [5.41, 5.74) is 4.25. The number of amides is 1. The highest BCUT2D eigenvalue weighted by atomic mass is 19.1. The van der Waals surface area contributed by atoms with Gasteiger partial charge in [0.15, 0.2) is 0 Å². The summed E-state index contributed by atoms with van der Waals surface area (Å²) >= 11 is 0. The third-order valence-electron chi connectivity index (χ3n) is 4.86. The molecule has 1 amide bonds. The summed E-state index contributed by atoms with van der Waals surface area (Å²) in [5, 5.41) is 11.6. The highest BCUT2D eigenvalue weighted by Crippen LogP contribution is 2.24. The topological polar surface area (TPSA) is 73.0 Å². The van der Waals surface area contributed by atoms with Gasteiger partial charge in [-0.25, -0.2) is 9.07 Å². The van der Waals surface area contributed by atoms with Crippen LogP contribution in [0.1, 0.15) is 34.3 Å². The van der Waals surface area contributed by atoms with E-state index < -0.39 is 0 Å². The molecule has 6 nitrogen and oxygen atoms in total. The molecule has 0 saturated carbocycles. The Balaban J connectivity index is 1.66. The largest absolute Gasteiger partial charge is 0.361 e. The molecule has 4 rings (SSSR count). The van der Waals surface area contributed by atoms with Gasteiger partial charge in [-0.05, 0) is 49.7 Å². The van der Waals surface area contributed by atoms with E-state index in [1.54, 1.807) is 23.7 Å². The molecule has 1 N–H and O–H groups in total. The molecule has 0 aliphatic heterocycles. The molecular weight excluding hydrogens is 383 g/mol. The maximum atomic E-state index is 13.4. The summed E-state index contributed by atoms with van der Waals surface area (Å²) in [7, 11) is 0. The normalized spacial score (nSPS) is 10.9. The molecule has 0 aliphatic carbocycles. The molecule has 2 aromatic carbocycles. The predicted molar refractivity (Wildman–Crippen MR) is 111 cm³/mol. The monoisotopic (exact) mass is 404 g/mol. The lowest BCUT2D eigenvalue weighted by atomic mass is 10.1. The van der Waals surface area contributed by atoms with Gasteiger partial charge in [0.1, 0.15) is 17.1 Å². The van der Waals surface area contributed by atoms with Crippen LogP contribution in [0, 0.1) is 12.7 Å². The number of nitrogens with one attached hydrogen (secondary N) is 1. The Morgan fingerprint density at radius 1 is 1.13 bits per heavy atom. The summed E-state index contributed by atoms with van der Waals surface area (Å²) in [6.07, 6.45) is 2.47. The number of carbonyl (C=O) groups is 1. The maximum Gasteiger partial charge on any atom is 0.257 e. The van der Waals surface area contributed by atoms with Crippen molar-refractivity contribution in [1.29, 1.82) is 0 Å². The first-order chi connectivity index (χ1) is 14.6. The zero-order valence-corrected chi connectivity index (χ0v) is 16.7. The van der Waals surface area contributed by atoms with Crippen LogP contribution in [0.3, 0.4) is 0 Å². The van der Waals surface area contributed by atoms with Gasteiger partial charge in [-0.15, -0.1) is 0 Å². The van der Waals surface area contributed by atoms with Crippen LogP contribution in [-0.4, -0.2) is 20.8 Å². The molecule has 2 aromatic heterocycles. The Morgan fingerprint density at radius 3 is 2.57 bits per heavy atom. The summed E-state index contributed by atoms with van der Waals surface area (Å²) in [4.78, 5) is 12.8. The number of aromatic nitrogens is 3. The number of hydrogen-bond donors (Lipinski definition) is 1. The molecule has 0 saturated heterocycles. The molecule has 0 unspecified atom stereocenters. The first kappa shape index (κ1) is 19.6. The molecular formula is C23H21FN4O2. The lowest BCUT2D eigenvalue weighted by Gasteiger charge is -2.06. The minimum atomic E-state index is -0.314. The van der Waals surface area contributed by atoms with Crippen molar-refractivity contribution in [2.45, 2.75) is 26.8 Å². The molecule has 0 radical (unpaired) electrons. The highest BCUT2D eigenvalue weighted by Gasteiger charge is 2.20. The Morgan fingerprint density at radius 2 is 1.87 bits per heavy atom. The minimum Gasteiger partial charge on any atom is -0.361 e. The molecule has 2 heterocycles. The van der Waals surface area contributed by atoms with E-state index in [1.165, 1.54) is 12.1 Å². The second kappa shape index (κ2) is 8.32. The quantitative estimate of drug-likeness (QED) is 0.515. The summed E-state index contributed by atoms with van der Waals surface area (Å²) in [5.74, 6) is -0.0719. The fraction of sp³-hybridized carbons (Fsp3) is 0.174. The van der Waals surface area contributed by atoms with E-state index in [2.05, 4.69) is 15.6 Å². The van der Waals surface area contributed by atoms with Crippen molar-refractivity contribution in [3.8, 4) is 16.9 Å². The van der Waals surface area contributed by atoms with E-state index in [4.69, 9.17) is 4.52 Å². The van der Waals surface area contributed by atoms with Gasteiger partial charge in [0.05, 0.1) is 17.1 Å². The fourth-order valence-electron chi connectivity index (χ4n) is 3.32. The first-order valence-electron chi connectivity index (χ1n) is 9.70. The van der Waals surface area contributed by atoms with Crippen molar-refractivity contribution in [3.05, 3.63) is 89.2 Å². The summed E-state index contributed by atoms with van der Waals surface area (Å²) < 4.78 is 20.3. The van der Waals surface area contributed by atoms with Crippen LogP contribution in [-0.2, 0) is 13.0 Å². The second-order valence-corrected chi connectivity index (χ2v) is 6.89. The maximum absolute atomic E-state index is 13.4. The van der Waals surface area contributed by atoms with Gasteiger partial charge in [-0.1, -0.05) is 30.3 Å². The number of benzene rings is 2. The van der Waals surface area contributed by atoms with Crippen molar-refractivity contribution in [2.75, 3.05) is 0 Å². The van der Waals surface area contributed by atoms with Gasteiger partial charge in [-0.3, -0.25) is 4.79 Å². The zero-order valence-electron chi connectivity index (χ0n) is 16.7. The number of para-hydroxylation sites is 1. The van der Waals surface area contributed by atoms with E-state index in [-0.39, 0.29) is 18.3 Å². The number of hydrogen-bond acceptors (Lipinski definition) is 4. The number of nitrogens with zero attached hydrogens (tertiary/aromatic N) is 3.